The molecule has 0 atom stereocenters. The first-order valence-electron chi connectivity index (χ1n) is 7.54. The van der Waals surface area contributed by atoms with E-state index in [4.69, 9.17) is 17.3 Å². The zero-order chi connectivity index (χ0) is 17.7. The number of hydrogen-bond acceptors (Lipinski definition) is 4. The molecule has 0 spiro atoms. The van der Waals surface area contributed by atoms with Crippen LogP contribution in [0.2, 0.25) is 5.02 Å². The summed E-state index contributed by atoms with van der Waals surface area (Å²) in [5.41, 5.74) is 6.98. The van der Waals surface area contributed by atoms with Crippen LogP contribution in [-0.2, 0) is 16.6 Å². The van der Waals surface area contributed by atoms with Crippen LogP contribution in [0.5, 0.6) is 0 Å². The molecule has 5 nitrogen and oxygen atoms in total. The summed E-state index contributed by atoms with van der Waals surface area (Å²) in [5.74, 6) is 0. The summed E-state index contributed by atoms with van der Waals surface area (Å²) in [7, 11) is 0.0941. The van der Waals surface area contributed by atoms with Crippen molar-refractivity contribution in [2.45, 2.75) is 11.4 Å². The van der Waals surface area contributed by atoms with Crippen LogP contribution < -0.4 is 5.73 Å². The highest BCUT2D eigenvalue weighted by atomic mass is 35.5. The minimum atomic E-state index is -3.72. The van der Waals surface area contributed by atoms with Crippen LogP contribution in [0.15, 0.2) is 53.4 Å². The van der Waals surface area contributed by atoms with Crippen LogP contribution in [0.4, 0.5) is 5.69 Å². The molecule has 0 aromatic heterocycles. The molecule has 0 saturated carbocycles. The molecular weight excluding hydrogens is 346 g/mol. The van der Waals surface area contributed by atoms with Crippen molar-refractivity contribution < 1.29 is 8.42 Å². The van der Waals surface area contributed by atoms with Gasteiger partial charge in [-0.05, 0) is 37.9 Å². The molecule has 0 bridgehead atoms. The van der Waals surface area contributed by atoms with Gasteiger partial charge in [-0.25, -0.2) is 8.42 Å². The average Bonchev–Trinajstić information content (AvgIpc) is 2.51. The number of hydrogen-bond donors (Lipinski definition) is 1. The van der Waals surface area contributed by atoms with Gasteiger partial charge in [0.2, 0.25) is 10.0 Å². The second kappa shape index (κ2) is 7.98. The standard InChI is InChI=1S/C17H22ClN3O2S/c1-20(2)10-11-21(13-14-6-4-3-5-7-14)24(22,23)17-9-8-15(18)12-16(17)19/h3-9,12H,10-11,13,19H2,1-2H3. The second-order valence-electron chi connectivity index (χ2n) is 5.81. The van der Waals surface area contributed by atoms with Crippen LogP contribution in [0.25, 0.3) is 0 Å². The number of sulfonamides is 1. The Labute approximate surface area is 148 Å². The molecule has 2 N–H and O–H groups in total. The van der Waals surface area contributed by atoms with E-state index in [9.17, 15) is 8.42 Å². The molecule has 0 unspecified atom stereocenters. The van der Waals surface area contributed by atoms with Gasteiger partial charge in [-0.3, -0.25) is 0 Å². The first-order valence-corrected chi connectivity index (χ1v) is 9.36. The zero-order valence-corrected chi connectivity index (χ0v) is 15.4. The lowest BCUT2D eigenvalue weighted by Gasteiger charge is -2.24. The number of halogens is 1. The highest BCUT2D eigenvalue weighted by molar-refractivity contribution is 7.89. The summed E-state index contributed by atoms with van der Waals surface area (Å²) in [6.07, 6.45) is 0. The van der Waals surface area contributed by atoms with Gasteiger partial charge in [0.15, 0.2) is 0 Å². The molecule has 24 heavy (non-hydrogen) atoms. The third-order valence-electron chi connectivity index (χ3n) is 3.59. The van der Waals surface area contributed by atoms with E-state index in [0.29, 0.717) is 24.7 Å². The second-order valence-corrected chi connectivity index (χ2v) is 8.15. The van der Waals surface area contributed by atoms with Gasteiger partial charge in [0.05, 0.1) is 5.69 Å². The Morgan fingerprint density at radius 2 is 1.71 bits per heavy atom. The predicted molar refractivity (Wildman–Crippen MR) is 98.5 cm³/mol. The van der Waals surface area contributed by atoms with Gasteiger partial charge in [-0.15, -0.1) is 0 Å². The molecule has 0 aliphatic carbocycles. The minimum absolute atomic E-state index is 0.0848. The van der Waals surface area contributed by atoms with Gasteiger partial charge in [0.25, 0.3) is 0 Å². The summed E-state index contributed by atoms with van der Waals surface area (Å²) in [4.78, 5) is 2.03. The molecule has 0 amide bonds. The van der Waals surface area contributed by atoms with Crippen molar-refractivity contribution in [1.82, 2.24) is 9.21 Å². The van der Waals surface area contributed by atoms with E-state index < -0.39 is 10.0 Å². The average molecular weight is 368 g/mol. The summed E-state index contributed by atoms with van der Waals surface area (Å²) >= 11 is 5.88. The van der Waals surface area contributed by atoms with Gasteiger partial charge < -0.3 is 10.6 Å². The lowest BCUT2D eigenvalue weighted by molar-refractivity contribution is 0.329. The fourth-order valence-corrected chi connectivity index (χ4v) is 3.97. The molecule has 0 aliphatic heterocycles. The van der Waals surface area contributed by atoms with E-state index in [2.05, 4.69) is 0 Å². The fourth-order valence-electron chi connectivity index (χ4n) is 2.28. The maximum absolute atomic E-state index is 13.1. The number of nitrogens with two attached hydrogens (primary N) is 1. The summed E-state index contributed by atoms with van der Waals surface area (Å²) < 4.78 is 27.6. The van der Waals surface area contributed by atoms with Gasteiger partial charge in [0, 0.05) is 24.7 Å². The predicted octanol–water partition coefficient (Wildman–Crippen LogP) is 2.67. The normalized spacial score (nSPS) is 12.0. The van der Waals surface area contributed by atoms with Crippen LogP contribution in [0.3, 0.4) is 0 Å². The van der Waals surface area contributed by atoms with Gasteiger partial charge in [-0.2, -0.15) is 4.31 Å². The molecule has 0 saturated heterocycles. The number of nitrogen functional groups attached to an aromatic ring is 1. The fraction of sp³-hybridized carbons (Fsp3) is 0.294. The number of benzene rings is 2. The summed E-state index contributed by atoms with van der Waals surface area (Å²) in [6.45, 7) is 1.27. The van der Waals surface area contributed by atoms with Gasteiger partial charge >= 0.3 is 0 Å². The van der Waals surface area contributed by atoms with E-state index in [-0.39, 0.29) is 10.6 Å². The Hall–Kier alpha value is -1.60. The Morgan fingerprint density at radius 1 is 1.04 bits per heavy atom. The maximum Gasteiger partial charge on any atom is 0.245 e. The number of rotatable bonds is 7. The topological polar surface area (TPSA) is 66.6 Å². The molecule has 130 valence electrons. The zero-order valence-electron chi connectivity index (χ0n) is 13.8. The highest BCUT2D eigenvalue weighted by Crippen LogP contribution is 2.26. The van der Waals surface area contributed by atoms with Crippen LogP contribution in [-0.4, -0.2) is 44.8 Å². The molecule has 0 aliphatic rings. The lowest BCUT2D eigenvalue weighted by Crippen LogP contribution is -2.36. The maximum atomic E-state index is 13.1. The van der Waals surface area contributed by atoms with Crippen molar-refractivity contribution in [3.63, 3.8) is 0 Å². The molecule has 0 heterocycles. The number of nitrogens with zero attached hydrogens (tertiary/aromatic N) is 2. The van der Waals surface area contributed by atoms with Crippen LogP contribution in [0, 0.1) is 0 Å². The third-order valence-corrected chi connectivity index (χ3v) is 5.74. The largest absolute Gasteiger partial charge is 0.398 e. The van der Waals surface area contributed by atoms with Gasteiger partial charge in [-0.1, -0.05) is 41.9 Å². The molecule has 2 aromatic rings. The Kier molecular flexibility index (Phi) is 6.23. The van der Waals surface area contributed by atoms with Gasteiger partial charge in [0.1, 0.15) is 4.90 Å². The lowest BCUT2D eigenvalue weighted by atomic mass is 10.2. The molecule has 2 aromatic carbocycles. The van der Waals surface area contributed by atoms with Crippen molar-refractivity contribution >= 4 is 27.3 Å². The molecule has 0 fully saturated rings. The molecule has 0 radical (unpaired) electrons. The monoisotopic (exact) mass is 367 g/mol. The van der Waals surface area contributed by atoms with Crippen LogP contribution >= 0.6 is 11.6 Å². The van der Waals surface area contributed by atoms with E-state index >= 15 is 0 Å². The van der Waals surface area contributed by atoms with Crippen molar-refractivity contribution in [3.05, 3.63) is 59.1 Å². The van der Waals surface area contributed by atoms with E-state index in [0.717, 1.165) is 5.56 Å². The first-order chi connectivity index (χ1) is 11.3. The van der Waals surface area contributed by atoms with E-state index in [1.165, 1.54) is 22.5 Å². The highest BCUT2D eigenvalue weighted by Gasteiger charge is 2.26. The summed E-state index contributed by atoms with van der Waals surface area (Å²) in [5, 5.41) is 0.411. The summed E-state index contributed by atoms with van der Waals surface area (Å²) in [6, 6.07) is 14.0. The minimum Gasteiger partial charge on any atom is -0.398 e. The van der Waals surface area contributed by atoms with Crippen molar-refractivity contribution in [2.24, 2.45) is 0 Å². The quantitative estimate of drug-likeness (QED) is 0.764. The smallest absolute Gasteiger partial charge is 0.245 e. The van der Waals surface area contributed by atoms with E-state index in [1.807, 2.05) is 49.3 Å². The molecular formula is C17H22ClN3O2S. The molecule has 2 rings (SSSR count). The van der Waals surface area contributed by atoms with Crippen LogP contribution in [0.1, 0.15) is 5.56 Å². The van der Waals surface area contributed by atoms with E-state index in [1.54, 1.807) is 0 Å². The Bertz CT molecular complexity index is 780. The van der Waals surface area contributed by atoms with Crippen molar-refractivity contribution in [3.8, 4) is 0 Å². The number of likely N-dealkylation sites (N-methyl/N-ethyl adjacent to an activating group) is 1. The Balaban J connectivity index is 2.36. The first kappa shape index (κ1) is 18.7. The number of anilines is 1. The molecule has 7 heteroatoms. The van der Waals surface area contributed by atoms with Crippen molar-refractivity contribution in [2.75, 3.05) is 32.9 Å². The third kappa shape index (κ3) is 4.70. The Morgan fingerprint density at radius 3 is 2.29 bits per heavy atom. The SMILES string of the molecule is CN(C)CCN(Cc1ccccc1)S(=O)(=O)c1ccc(Cl)cc1N. The van der Waals surface area contributed by atoms with Crippen molar-refractivity contribution in [1.29, 1.82) is 0 Å².